The fourth-order valence-electron chi connectivity index (χ4n) is 6.62. The number of carbonyl (C=O) groups excluding carboxylic acids is 3. The number of benzene rings is 3. The number of halogens is 2. The third-order valence-corrected chi connectivity index (χ3v) is 10.1. The maximum atomic E-state index is 13.6. The maximum Gasteiger partial charge on any atom is 0.408 e. The minimum Gasteiger partial charge on any atom is -0.493 e. The topological polar surface area (TPSA) is 127 Å². The number of methoxy groups -OCH3 is 2. The number of H-pyrrole nitrogens is 1. The summed E-state index contributed by atoms with van der Waals surface area (Å²) >= 11 is 12.9. The number of alkyl carbamates (subject to hydrolysis) is 1. The summed E-state index contributed by atoms with van der Waals surface area (Å²) in [5.41, 5.74) is 2.55. The van der Waals surface area contributed by atoms with E-state index >= 15 is 0 Å². The molecule has 13 heteroatoms. The zero-order valence-corrected chi connectivity index (χ0v) is 30.3. The van der Waals surface area contributed by atoms with Crippen LogP contribution in [-0.2, 0) is 32.0 Å². The second-order valence-corrected chi connectivity index (χ2v) is 13.5. The van der Waals surface area contributed by atoms with Crippen molar-refractivity contribution in [2.24, 2.45) is 5.92 Å². The molecule has 11 nitrogen and oxygen atoms in total. The van der Waals surface area contributed by atoms with Gasteiger partial charge in [-0.15, -0.1) is 0 Å². The van der Waals surface area contributed by atoms with Gasteiger partial charge < -0.3 is 29.0 Å². The second-order valence-electron chi connectivity index (χ2n) is 12.7. The first kappa shape index (κ1) is 36.9. The molecule has 3 aromatic carbocycles. The molecule has 2 N–H and O–H groups in total. The number of hydrogen-bond acceptors (Lipinski definition) is 9. The van der Waals surface area contributed by atoms with E-state index in [-0.39, 0.29) is 24.7 Å². The van der Waals surface area contributed by atoms with Crippen LogP contribution in [0.4, 0.5) is 4.79 Å². The predicted molar refractivity (Wildman–Crippen MR) is 192 cm³/mol. The summed E-state index contributed by atoms with van der Waals surface area (Å²) in [5, 5.41) is 3.45. The molecule has 7 rings (SSSR count). The smallest absolute Gasteiger partial charge is 0.408 e. The quantitative estimate of drug-likeness (QED) is 0.119. The lowest BCUT2D eigenvalue weighted by molar-refractivity contribution is -0.377. The Balaban J connectivity index is 1.13. The van der Waals surface area contributed by atoms with Crippen LogP contribution in [0.25, 0.3) is 0 Å². The number of carbonyl (C=O) groups is 3. The fourth-order valence-corrected chi connectivity index (χ4v) is 7.15. The molecule has 3 aliphatic heterocycles. The minimum atomic E-state index is -1.05. The highest BCUT2D eigenvalue weighted by Gasteiger charge is 2.38. The molecule has 0 spiro atoms. The first-order chi connectivity index (χ1) is 25.2. The highest BCUT2D eigenvalue weighted by molar-refractivity contribution is 6.35. The molecule has 0 aliphatic carbocycles. The number of nitrogens with one attached hydrogen (secondary N) is 2. The second kappa shape index (κ2) is 17.1. The van der Waals surface area contributed by atoms with Crippen LogP contribution in [0.1, 0.15) is 57.6 Å². The van der Waals surface area contributed by atoms with Gasteiger partial charge in [0.1, 0.15) is 28.9 Å². The first-order valence-corrected chi connectivity index (χ1v) is 17.7. The molecule has 272 valence electrons. The summed E-state index contributed by atoms with van der Waals surface area (Å²) in [6.45, 7) is 2.55. The molecule has 0 radical (unpaired) electrons. The van der Waals surface area contributed by atoms with Crippen molar-refractivity contribution in [1.82, 2.24) is 10.2 Å². The van der Waals surface area contributed by atoms with Crippen LogP contribution in [0.2, 0.25) is 10.0 Å². The van der Waals surface area contributed by atoms with E-state index in [9.17, 15) is 14.4 Å². The van der Waals surface area contributed by atoms with E-state index in [0.29, 0.717) is 56.3 Å². The van der Waals surface area contributed by atoms with E-state index in [1.54, 1.807) is 79.1 Å². The number of amides is 1. The summed E-state index contributed by atoms with van der Waals surface area (Å²) in [6, 6.07) is 19.7. The number of nitrogens with zero attached hydrogens (tertiary/aromatic N) is 1. The summed E-state index contributed by atoms with van der Waals surface area (Å²) < 4.78 is 28.4. The normalized spacial score (nSPS) is 18.8. The molecule has 0 saturated carbocycles. The Morgan fingerprint density at radius 1 is 0.885 bits per heavy atom. The van der Waals surface area contributed by atoms with Gasteiger partial charge in [-0.25, -0.2) is 19.4 Å². The Morgan fingerprint density at radius 2 is 1.62 bits per heavy atom. The lowest BCUT2D eigenvalue weighted by Gasteiger charge is -2.44. The summed E-state index contributed by atoms with van der Waals surface area (Å²) in [6.07, 6.45) is 3.50. The van der Waals surface area contributed by atoms with Gasteiger partial charge in [-0.05, 0) is 72.8 Å². The SMILES string of the molecule is COc1ccc(C(Cc2c(Cl)c[nH+]cc2Cl)OC(=O)c2cccc(COC(=O)NC(C(=O)O[C@H]3CN4CCC3CC4)c3ccccc3)c2)cc1OC. The molecule has 3 fully saturated rings. The van der Waals surface area contributed by atoms with E-state index in [1.165, 1.54) is 14.2 Å². The molecule has 3 atom stereocenters. The lowest BCUT2D eigenvalue weighted by atomic mass is 9.86. The number of esters is 2. The van der Waals surface area contributed by atoms with Gasteiger partial charge in [-0.3, -0.25) is 4.90 Å². The van der Waals surface area contributed by atoms with Gasteiger partial charge in [0.05, 0.1) is 19.8 Å². The minimum absolute atomic E-state index is 0.168. The molecule has 4 heterocycles. The van der Waals surface area contributed by atoms with Crippen LogP contribution in [-0.4, -0.2) is 62.9 Å². The summed E-state index contributed by atoms with van der Waals surface area (Å²) in [4.78, 5) is 45.3. The Kier molecular flexibility index (Phi) is 12.2. The van der Waals surface area contributed by atoms with Crippen LogP contribution in [0.3, 0.4) is 0 Å². The molecule has 3 aliphatic rings. The number of piperidine rings is 3. The molecule has 4 aromatic rings. The van der Waals surface area contributed by atoms with Gasteiger partial charge in [0.2, 0.25) is 0 Å². The van der Waals surface area contributed by atoms with Crippen LogP contribution in [0, 0.1) is 5.92 Å². The van der Waals surface area contributed by atoms with Crippen LogP contribution in [0.15, 0.2) is 85.2 Å². The third-order valence-electron chi connectivity index (χ3n) is 9.44. The number of fused-ring (bicyclic) bond motifs is 3. The number of ether oxygens (including phenoxy) is 5. The average Bonchev–Trinajstić information content (AvgIpc) is 3.17. The molecule has 3 saturated heterocycles. The van der Waals surface area contributed by atoms with Crippen molar-refractivity contribution in [3.8, 4) is 11.5 Å². The maximum absolute atomic E-state index is 13.6. The van der Waals surface area contributed by atoms with Crippen molar-refractivity contribution in [2.45, 2.75) is 44.1 Å². The van der Waals surface area contributed by atoms with E-state index in [0.717, 1.165) is 25.9 Å². The Morgan fingerprint density at radius 3 is 2.29 bits per heavy atom. The molecular weight excluding hydrogens is 709 g/mol. The third kappa shape index (κ3) is 8.96. The van der Waals surface area contributed by atoms with Gasteiger partial charge in [-0.1, -0.05) is 71.7 Å². The number of rotatable bonds is 13. The average molecular weight is 750 g/mol. The Labute approximate surface area is 312 Å². The van der Waals surface area contributed by atoms with Crippen LogP contribution >= 0.6 is 23.2 Å². The standard InChI is InChI=1S/C39H39Cl2N3O8/c1-48-32-12-11-27(18-34(32)49-2)33(19-29-30(40)20-42-21-31(29)41)51-37(45)28-10-6-7-24(17-28)23-50-39(47)43-36(26-8-4-3-5-9-26)38(46)52-35-22-44-15-13-25(35)14-16-44/h3-12,17-18,20-21,25,33,35-36H,13-16,19,22-23H2,1-2H3,(H,43,47)/p+1/t33?,35-,36?/m0/s1. The Hall–Kier alpha value is -4.84. The zero-order chi connectivity index (χ0) is 36.6. The van der Waals surface area contributed by atoms with Crippen molar-refractivity contribution in [1.29, 1.82) is 0 Å². The van der Waals surface area contributed by atoms with E-state index in [4.69, 9.17) is 46.9 Å². The highest BCUT2D eigenvalue weighted by atomic mass is 35.5. The van der Waals surface area contributed by atoms with E-state index < -0.39 is 30.2 Å². The van der Waals surface area contributed by atoms with Gasteiger partial charge in [0.25, 0.3) is 0 Å². The van der Waals surface area contributed by atoms with Crippen molar-refractivity contribution < 1.29 is 43.1 Å². The van der Waals surface area contributed by atoms with Crippen molar-refractivity contribution >= 4 is 41.2 Å². The van der Waals surface area contributed by atoms with Crippen molar-refractivity contribution in [3.63, 3.8) is 0 Å². The van der Waals surface area contributed by atoms with E-state index in [2.05, 4.69) is 15.2 Å². The fraction of sp³-hybridized carbons (Fsp3) is 0.333. The molecule has 1 aromatic heterocycles. The molecule has 1 amide bonds. The van der Waals surface area contributed by atoms with Crippen LogP contribution in [0.5, 0.6) is 11.5 Å². The first-order valence-electron chi connectivity index (χ1n) is 17.0. The van der Waals surface area contributed by atoms with Gasteiger partial charge in [0.15, 0.2) is 29.9 Å². The Bertz CT molecular complexity index is 1870. The van der Waals surface area contributed by atoms with Gasteiger partial charge in [0, 0.05) is 18.5 Å². The lowest BCUT2D eigenvalue weighted by Crippen LogP contribution is -2.52. The summed E-state index contributed by atoms with van der Waals surface area (Å²) in [5.74, 6) is 0.129. The molecule has 2 unspecified atom stereocenters. The molecule has 52 heavy (non-hydrogen) atoms. The summed E-state index contributed by atoms with van der Waals surface area (Å²) in [7, 11) is 3.05. The highest BCUT2D eigenvalue weighted by Crippen LogP contribution is 2.36. The largest absolute Gasteiger partial charge is 0.493 e. The van der Waals surface area contributed by atoms with Gasteiger partial charge in [-0.2, -0.15) is 0 Å². The number of hydrogen-bond donors (Lipinski definition) is 1. The zero-order valence-electron chi connectivity index (χ0n) is 28.8. The monoisotopic (exact) mass is 748 g/mol. The van der Waals surface area contributed by atoms with E-state index in [1.807, 2.05) is 6.07 Å². The number of pyridine rings is 1. The number of aromatic amines is 1. The number of aromatic nitrogens is 1. The van der Waals surface area contributed by atoms with Gasteiger partial charge >= 0.3 is 18.0 Å². The van der Waals surface area contributed by atoms with Crippen molar-refractivity contribution in [3.05, 3.63) is 123 Å². The molecule has 2 bridgehead atoms. The predicted octanol–water partition coefficient (Wildman–Crippen LogP) is 6.57. The molecular formula is C39H40Cl2N3O8+. The van der Waals surface area contributed by atoms with Crippen LogP contribution < -0.4 is 19.8 Å². The van der Waals surface area contributed by atoms with Crippen molar-refractivity contribution in [2.75, 3.05) is 33.9 Å².